The molecule has 0 fully saturated rings. The molecule has 0 unspecified atom stereocenters. The second-order valence-corrected chi connectivity index (χ2v) is 7.65. The molecule has 0 radical (unpaired) electrons. The van der Waals surface area contributed by atoms with Crippen molar-refractivity contribution < 1.29 is 4.79 Å². The molecule has 1 aliphatic rings. The summed E-state index contributed by atoms with van der Waals surface area (Å²) >= 11 is 0. The van der Waals surface area contributed by atoms with E-state index in [4.69, 9.17) is 4.98 Å². The second-order valence-electron chi connectivity index (χ2n) is 7.65. The minimum atomic E-state index is -0.186. The van der Waals surface area contributed by atoms with Gasteiger partial charge in [-0.15, -0.1) is 0 Å². The maximum absolute atomic E-state index is 12.4. The summed E-state index contributed by atoms with van der Waals surface area (Å²) in [6.07, 6.45) is 12.4. The zero-order valence-corrected chi connectivity index (χ0v) is 17.1. The summed E-state index contributed by atoms with van der Waals surface area (Å²) < 4.78 is 4.02. The number of fused-ring (bicyclic) bond motifs is 1. The van der Waals surface area contributed by atoms with Crippen molar-refractivity contribution >= 4 is 17.7 Å². The fourth-order valence-corrected chi connectivity index (χ4v) is 3.81. The van der Waals surface area contributed by atoms with Crippen LogP contribution in [0, 0.1) is 0 Å². The van der Waals surface area contributed by atoms with Gasteiger partial charge in [-0.1, -0.05) is 30.3 Å². The molecule has 6 nitrogen and oxygen atoms in total. The second kappa shape index (κ2) is 8.44. The Bertz CT molecular complexity index is 1210. The molecule has 0 saturated heterocycles. The van der Waals surface area contributed by atoms with Crippen LogP contribution in [-0.4, -0.2) is 25.2 Å². The third kappa shape index (κ3) is 4.33. The minimum Gasteiger partial charge on any atom is -0.334 e. The first-order valence-corrected chi connectivity index (χ1v) is 10.5. The van der Waals surface area contributed by atoms with Crippen molar-refractivity contribution in [2.75, 3.05) is 5.32 Å². The van der Waals surface area contributed by atoms with E-state index in [9.17, 15) is 4.79 Å². The monoisotopic (exact) mass is 409 g/mol. The molecule has 0 saturated carbocycles. The Morgan fingerprint density at radius 3 is 2.81 bits per heavy atom. The number of carbonyl (C=O) groups is 1. The lowest BCUT2D eigenvalue weighted by molar-refractivity contribution is -0.111. The van der Waals surface area contributed by atoms with Crippen LogP contribution in [0.3, 0.4) is 0 Å². The number of aryl methyl sites for hydroxylation is 2. The van der Waals surface area contributed by atoms with Crippen molar-refractivity contribution in [2.24, 2.45) is 0 Å². The number of imidazole rings is 1. The van der Waals surface area contributed by atoms with Gasteiger partial charge in [-0.25, -0.2) is 9.67 Å². The highest BCUT2D eigenvalue weighted by molar-refractivity contribution is 6.02. The van der Waals surface area contributed by atoms with Crippen molar-refractivity contribution in [3.8, 4) is 16.9 Å². The molecule has 5 rings (SSSR count). The van der Waals surface area contributed by atoms with E-state index in [1.165, 1.54) is 18.9 Å². The third-order valence-corrected chi connectivity index (χ3v) is 5.38. The van der Waals surface area contributed by atoms with Crippen molar-refractivity contribution in [1.82, 2.24) is 19.3 Å². The number of nitrogens with zero attached hydrogens (tertiary/aromatic N) is 4. The molecule has 0 bridgehead atoms. The minimum absolute atomic E-state index is 0.186. The molecular weight excluding hydrogens is 386 g/mol. The van der Waals surface area contributed by atoms with Gasteiger partial charge in [0, 0.05) is 48.2 Å². The van der Waals surface area contributed by atoms with Crippen LogP contribution in [0.5, 0.6) is 0 Å². The van der Waals surface area contributed by atoms with Gasteiger partial charge in [0.05, 0.1) is 17.6 Å². The first kappa shape index (κ1) is 19.1. The topological polar surface area (TPSA) is 64.7 Å². The van der Waals surface area contributed by atoms with E-state index in [-0.39, 0.29) is 5.91 Å². The predicted molar refractivity (Wildman–Crippen MR) is 122 cm³/mol. The summed E-state index contributed by atoms with van der Waals surface area (Å²) in [4.78, 5) is 17.2. The maximum Gasteiger partial charge on any atom is 0.248 e. The van der Waals surface area contributed by atoms with Crippen molar-refractivity contribution in [3.63, 3.8) is 0 Å². The number of para-hydroxylation sites is 1. The number of benzene rings is 2. The fraction of sp³-hybridized carbons (Fsp3) is 0.160. The van der Waals surface area contributed by atoms with Crippen molar-refractivity contribution in [3.05, 3.63) is 90.7 Å². The molecule has 0 atom stereocenters. The van der Waals surface area contributed by atoms with Crippen molar-refractivity contribution in [2.45, 2.75) is 25.8 Å². The van der Waals surface area contributed by atoms with Gasteiger partial charge in [-0.2, -0.15) is 5.10 Å². The lowest BCUT2D eigenvalue weighted by Gasteiger charge is -2.11. The largest absolute Gasteiger partial charge is 0.334 e. The van der Waals surface area contributed by atoms with E-state index in [1.54, 1.807) is 17.0 Å². The zero-order valence-electron chi connectivity index (χ0n) is 17.1. The van der Waals surface area contributed by atoms with Crippen LogP contribution in [0.2, 0.25) is 0 Å². The summed E-state index contributed by atoms with van der Waals surface area (Å²) in [5, 5.41) is 7.28. The first-order chi connectivity index (χ1) is 15.2. The van der Waals surface area contributed by atoms with E-state index in [1.807, 2.05) is 60.8 Å². The number of amides is 1. The number of rotatable bonds is 5. The van der Waals surface area contributed by atoms with Crippen LogP contribution < -0.4 is 5.32 Å². The standard InChI is InChI=1S/C25H23N5O/c31-25(13-12-19-16-26-30(17-19)22-9-2-1-3-10-22)27-21-8-6-7-20(15-21)23-18-29-14-5-4-11-24(29)28-23/h1-3,6-10,12-13,15-18H,4-5,11,14H2,(H,27,31)/b13-12+. The maximum atomic E-state index is 12.4. The Kier molecular flexibility index (Phi) is 5.19. The summed E-state index contributed by atoms with van der Waals surface area (Å²) in [6.45, 7) is 1.03. The number of hydrogen-bond donors (Lipinski definition) is 1. The van der Waals surface area contributed by atoms with Crippen LogP contribution in [0.15, 0.2) is 79.3 Å². The highest BCUT2D eigenvalue weighted by Gasteiger charge is 2.13. The molecule has 3 heterocycles. The van der Waals surface area contributed by atoms with Crippen LogP contribution in [0.1, 0.15) is 24.2 Å². The predicted octanol–water partition coefficient (Wildman–Crippen LogP) is 4.72. The number of nitrogens with one attached hydrogen (secondary N) is 1. The van der Waals surface area contributed by atoms with E-state index < -0.39 is 0 Å². The Labute approximate surface area is 180 Å². The number of aromatic nitrogens is 4. The highest BCUT2D eigenvalue weighted by Crippen LogP contribution is 2.25. The average molecular weight is 409 g/mol. The molecule has 6 heteroatoms. The molecule has 0 aliphatic carbocycles. The van der Waals surface area contributed by atoms with Gasteiger partial charge >= 0.3 is 0 Å². The molecule has 31 heavy (non-hydrogen) atoms. The number of carbonyl (C=O) groups excluding carboxylic acids is 1. The van der Waals surface area contributed by atoms with Gasteiger partial charge in [-0.3, -0.25) is 4.79 Å². The number of anilines is 1. The molecular formula is C25H23N5O. The van der Waals surface area contributed by atoms with Crippen LogP contribution >= 0.6 is 0 Å². The van der Waals surface area contributed by atoms with E-state index in [0.29, 0.717) is 0 Å². The smallest absolute Gasteiger partial charge is 0.248 e. The quantitative estimate of drug-likeness (QED) is 0.485. The first-order valence-electron chi connectivity index (χ1n) is 10.5. The van der Waals surface area contributed by atoms with Crippen LogP contribution in [0.25, 0.3) is 23.0 Å². The van der Waals surface area contributed by atoms with Gasteiger partial charge in [0.25, 0.3) is 0 Å². The summed E-state index contributed by atoms with van der Waals surface area (Å²) in [7, 11) is 0. The van der Waals surface area contributed by atoms with Gasteiger partial charge in [0.2, 0.25) is 5.91 Å². The van der Waals surface area contributed by atoms with Crippen molar-refractivity contribution in [1.29, 1.82) is 0 Å². The lowest BCUT2D eigenvalue weighted by atomic mass is 10.1. The Hall–Kier alpha value is -3.93. The van der Waals surface area contributed by atoms with Gasteiger partial charge in [-0.05, 0) is 43.2 Å². The SMILES string of the molecule is O=C(/C=C/c1cnn(-c2ccccc2)c1)Nc1cccc(-c2cn3c(n2)CCCC3)c1. The molecule has 1 N–H and O–H groups in total. The van der Waals surface area contributed by atoms with Gasteiger partial charge in [0.15, 0.2) is 0 Å². The summed E-state index contributed by atoms with van der Waals surface area (Å²) in [5.41, 5.74) is 4.54. The molecule has 2 aromatic heterocycles. The van der Waals surface area contributed by atoms with Crippen LogP contribution in [-0.2, 0) is 17.8 Å². The Morgan fingerprint density at radius 2 is 1.94 bits per heavy atom. The Balaban J connectivity index is 1.26. The van der Waals surface area contributed by atoms with Crippen LogP contribution in [0.4, 0.5) is 5.69 Å². The molecule has 154 valence electrons. The van der Waals surface area contributed by atoms with Gasteiger partial charge in [0.1, 0.15) is 5.82 Å². The molecule has 1 aliphatic heterocycles. The highest BCUT2D eigenvalue weighted by atomic mass is 16.1. The fourth-order valence-electron chi connectivity index (χ4n) is 3.81. The summed E-state index contributed by atoms with van der Waals surface area (Å²) in [5.74, 6) is 0.961. The normalized spacial score (nSPS) is 13.3. The number of hydrogen-bond acceptors (Lipinski definition) is 3. The Morgan fingerprint density at radius 1 is 1.03 bits per heavy atom. The lowest BCUT2D eigenvalue weighted by Crippen LogP contribution is -2.08. The van der Waals surface area contributed by atoms with Gasteiger partial charge < -0.3 is 9.88 Å². The van der Waals surface area contributed by atoms with E-state index in [0.717, 1.165) is 47.0 Å². The molecule has 1 amide bonds. The molecule has 2 aromatic carbocycles. The summed E-state index contributed by atoms with van der Waals surface area (Å²) in [6, 6.07) is 17.7. The zero-order chi connectivity index (χ0) is 21.0. The third-order valence-electron chi connectivity index (χ3n) is 5.38. The molecule has 4 aromatic rings. The van der Waals surface area contributed by atoms with E-state index in [2.05, 4.69) is 21.2 Å². The average Bonchev–Trinajstić information content (AvgIpc) is 3.46. The molecule has 0 spiro atoms. The van der Waals surface area contributed by atoms with E-state index >= 15 is 0 Å².